The summed E-state index contributed by atoms with van der Waals surface area (Å²) in [6, 6.07) is 9.46. The molecule has 0 aliphatic heterocycles. The fourth-order valence-electron chi connectivity index (χ4n) is 1.51. The summed E-state index contributed by atoms with van der Waals surface area (Å²) < 4.78 is 4.84. The van der Waals surface area contributed by atoms with Crippen LogP contribution in [0.4, 0.5) is 0 Å². The number of hydrogen-bond donors (Lipinski definition) is 2. The summed E-state index contributed by atoms with van der Waals surface area (Å²) in [6.45, 7) is 2.39. The Morgan fingerprint density at radius 2 is 2.05 bits per heavy atom. The summed E-state index contributed by atoms with van der Waals surface area (Å²) in [4.78, 5) is 11.4. The van der Waals surface area contributed by atoms with Gasteiger partial charge in [0.25, 0.3) is 0 Å². The van der Waals surface area contributed by atoms with Crippen molar-refractivity contribution in [2.45, 2.75) is 13.0 Å². The first-order valence-corrected chi connectivity index (χ1v) is 6.21. The number of nitrogens with zero attached hydrogens (tertiary/aromatic N) is 1. The summed E-state index contributed by atoms with van der Waals surface area (Å²) in [5.41, 5.74) is 1.75. The van der Waals surface area contributed by atoms with Gasteiger partial charge < -0.3 is 15.4 Å². The molecular weight excluding hydrogens is 242 g/mol. The third-order valence-electron chi connectivity index (χ3n) is 2.57. The van der Waals surface area contributed by atoms with Crippen LogP contribution in [0.1, 0.15) is 17.5 Å². The topological polar surface area (TPSA) is 74.2 Å². The van der Waals surface area contributed by atoms with Gasteiger partial charge in [0.2, 0.25) is 5.91 Å². The highest BCUT2D eigenvalue weighted by molar-refractivity contribution is 5.76. The minimum Gasteiger partial charge on any atom is -0.383 e. The molecule has 0 spiro atoms. The van der Waals surface area contributed by atoms with Gasteiger partial charge in [-0.3, -0.25) is 4.79 Å². The number of carbonyl (C=O) groups excluding carboxylic acids is 1. The molecular formula is C14H19N3O2. The van der Waals surface area contributed by atoms with Gasteiger partial charge in [-0.25, -0.2) is 0 Å². The number of ether oxygens (including phenoxy) is 1. The van der Waals surface area contributed by atoms with Gasteiger partial charge in [-0.05, 0) is 17.7 Å². The SMILES string of the molecule is COCCNC(=O)CCNCc1ccc(C#N)cc1. The lowest BCUT2D eigenvalue weighted by Crippen LogP contribution is -2.29. The Kier molecular flexibility index (Phi) is 7.25. The summed E-state index contributed by atoms with van der Waals surface area (Å²) in [6.07, 6.45) is 0.444. The Morgan fingerprint density at radius 1 is 1.32 bits per heavy atom. The van der Waals surface area contributed by atoms with Crippen molar-refractivity contribution in [2.24, 2.45) is 0 Å². The maximum Gasteiger partial charge on any atom is 0.221 e. The van der Waals surface area contributed by atoms with Crippen molar-refractivity contribution in [1.82, 2.24) is 10.6 Å². The van der Waals surface area contributed by atoms with E-state index in [0.717, 1.165) is 5.56 Å². The first-order valence-electron chi connectivity index (χ1n) is 6.21. The van der Waals surface area contributed by atoms with E-state index in [9.17, 15) is 4.79 Å². The summed E-state index contributed by atoms with van der Waals surface area (Å²) in [7, 11) is 1.60. The van der Waals surface area contributed by atoms with E-state index in [1.165, 1.54) is 0 Å². The number of nitriles is 1. The van der Waals surface area contributed by atoms with Crippen LogP contribution in [0.15, 0.2) is 24.3 Å². The van der Waals surface area contributed by atoms with Gasteiger partial charge in [-0.15, -0.1) is 0 Å². The van der Waals surface area contributed by atoms with E-state index in [1.54, 1.807) is 19.2 Å². The van der Waals surface area contributed by atoms with Crippen molar-refractivity contribution in [1.29, 1.82) is 5.26 Å². The van der Waals surface area contributed by atoms with Crippen molar-refractivity contribution in [3.8, 4) is 6.07 Å². The zero-order valence-electron chi connectivity index (χ0n) is 11.1. The van der Waals surface area contributed by atoms with Gasteiger partial charge in [0.05, 0.1) is 18.2 Å². The predicted molar refractivity (Wildman–Crippen MR) is 72.4 cm³/mol. The zero-order valence-corrected chi connectivity index (χ0v) is 11.1. The van der Waals surface area contributed by atoms with Gasteiger partial charge in [-0.1, -0.05) is 12.1 Å². The molecule has 0 atom stereocenters. The van der Waals surface area contributed by atoms with Gasteiger partial charge in [-0.2, -0.15) is 5.26 Å². The highest BCUT2D eigenvalue weighted by Crippen LogP contribution is 2.02. The van der Waals surface area contributed by atoms with Crippen molar-refractivity contribution < 1.29 is 9.53 Å². The molecule has 0 heterocycles. The number of rotatable bonds is 8. The highest BCUT2D eigenvalue weighted by Gasteiger charge is 2.00. The number of amides is 1. The molecule has 0 bridgehead atoms. The van der Waals surface area contributed by atoms with Crippen molar-refractivity contribution in [3.63, 3.8) is 0 Å². The van der Waals surface area contributed by atoms with E-state index in [0.29, 0.717) is 38.2 Å². The summed E-state index contributed by atoms with van der Waals surface area (Å²) >= 11 is 0. The van der Waals surface area contributed by atoms with Crippen LogP contribution < -0.4 is 10.6 Å². The number of nitrogens with one attached hydrogen (secondary N) is 2. The Bertz CT molecular complexity index is 423. The molecule has 102 valence electrons. The van der Waals surface area contributed by atoms with Crippen LogP contribution in [0.25, 0.3) is 0 Å². The molecule has 5 heteroatoms. The average Bonchev–Trinajstić information content (AvgIpc) is 2.44. The van der Waals surface area contributed by atoms with Crippen LogP contribution >= 0.6 is 0 Å². The number of carbonyl (C=O) groups is 1. The zero-order chi connectivity index (χ0) is 13.9. The number of benzene rings is 1. The quantitative estimate of drug-likeness (QED) is 0.679. The largest absolute Gasteiger partial charge is 0.383 e. The van der Waals surface area contributed by atoms with E-state index in [4.69, 9.17) is 10.00 Å². The molecule has 19 heavy (non-hydrogen) atoms. The fraction of sp³-hybridized carbons (Fsp3) is 0.429. The number of hydrogen-bond acceptors (Lipinski definition) is 4. The first kappa shape index (κ1) is 15.2. The summed E-state index contributed by atoms with van der Waals surface area (Å²) in [5, 5.41) is 14.6. The van der Waals surface area contributed by atoms with E-state index in [2.05, 4.69) is 16.7 Å². The Hall–Kier alpha value is -1.90. The van der Waals surface area contributed by atoms with Crippen LogP contribution in [0.2, 0.25) is 0 Å². The van der Waals surface area contributed by atoms with Gasteiger partial charge in [0, 0.05) is 33.2 Å². The van der Waals surface area contributed by atoms with Crippen LogP contribution in [0.3, 0.4) is 0 Å². The molecule has 1 aromatic carbocycles. The molecule has 1 aromatic rings. The van der Waals surface area contributed by atoms with Crippen molar-refractivity contribution in [2.75, 3.05) is 26.8 Å². The van der Waals surface area contributed by atoms with E-state index < -0.39 is 0 Å². The molecule has 0 saturated carbocycles. The van der Waals surface area contributed by atoms with E-state index >= 15 is 0 Å². The molecule has 2 N–H and O–H groups in total. The minimum absolute atomic E-state index is 0.0179. The van der Waals surface area contributed by atoms with Crippen molar-refractivity contribution in [3.05, 3.63) is 35.4 Å². The second-order valence-electron chi connectivity index (χ2n) is 4.08. The molecule has 0 aromatic heterocycles. The molecule has 0 saturated heterocycles. The molecule has 1 rings (SSSR count). The number of methoxy groups -OCH3 is 1. The normalized spacial score (nSPS) is 9.89. The maximum absolute atomic E-state index is 11.4. The molecule has 0 fully saturated rings. The molecule has 0 aliphatic rings. The van der Waals surface area contributed by atoms with Crippen LogP contribution in [-0.2, 0) is 16.1 Å². The van der Waals surface area contributed by atoms with E-state index in [-0.39, 0.29) is 5.91 Å². The van der Waals surface area contributed by atoms with Crippen LogP contribution in [0.5, 0.6) is 0 Å². The third-order valence-corrected chi connectivity index (χ3v) is 2.57. The van der Waals surface area contributed by atoms with Crippen molar-refractivity contribution >= 4 is 5.91 Å². The van der Waals surface area contributed by atoms with Gasteiger partial charge in [0.15, 0.2) is 0 Å². The molecule has 0 radical (unpaired) electrons. The monoisotopic (exact) mass is 261 g/mol. The lowest BCUT2D eigenvalue weighted by Gasteiger charge is -2.06. The average molecular weight is 261 g/mol. The molecule has 1 amide bonds. The predicted octanol–water partition coefficient (Wildman–Crippen LogP) is 0.801. The fourth-order valence-corrected chi connectivity index (χ4v) is 1.51. The highest BCUT2D eigenvalue weighted by atomic mass is 16.5. The van der Waals surface area contributed by atoms with Gasteiger partial charge >= 0.3 is 0 Å². The maximum atomic E-state index is 11.4. The third kappa shape index (κ3) is 6.55. The minimum atomic E-state index is 0.0179. The van der Waals surface area contributed by atoms with Crippen LogP contribution in [-0.4, -0.2) is 32.7 Å². The molecule has 0 unspecified atom stereocenters. The molecule has 5 nitrogen and oxygen atoms in total. The molecule has 0 aliphatic carbocycles. The standard InChI is InChI=1S/C14H19N3O2/c1-19-9-8-17-14(18)6-7-16-11-13-4-2-12(10-15)3-5-13/h2-5,16H,6-9,11H2,1H3,(H,17,18). The van der Waals surface area contributed by atoms with E-state index in [1.807, 2.05) is 12.1 Å². The Balaban J connectivity index is 2.13. The van der Waals surface area contributed by atoms with Crippen LogP contribution in [0, 0.1) is 11.3 Å². The second-order valence-corrected chi connectivity index (χ2v) is 4.08. The lowest BCUT2D eigenvalue weighted by molar-refractivity contribution is -0.121. The second kappa shape index (κ2) is 9.09. The summed E-state index contributed by atoms with van der Waals surface area (Å²) in [5.74, 6) is 0.0179. The lowest BCUT2D eigenvalue weighted by atomic mass is 10.1. The van der Waals surface area contributed by atoms with Gasteiger partial charge in [0.1, 0.15) is 0 Å². The Morgan fingerprint density at radius 3 is 2.68 bits per heavy atom. The first-order chi connectivity index (χ1) is 9.26. The smallest absolute Gasteiger partial charge is 0.221 e. The Labute approximate surface area is 113 Å².